The van der Waals surface area contributed by atoms with Crippen molar-refractivity contribution in [3.05, 3.63) is 80.1 Å². The maximum absolute atomic E-state index is 12.8. The Labute approximate surface area is 161 Å². The molecule has 0 aliphatic rings. The van der Waals surface area contributed by atoms with E-state index in [1.54, 1.807) is 24.3 Å². The van der Waals surface area contributed by atoms with Gasteiger partial charge in [-0.25, -0.2) is 4.79 Å². The molecule has 1 N–H and O–H groups in total. The summed E-state index contributed by atoms with van der Waals surface area (Å²) in [5.74, 6) is -0.284. The van der Waals surface area contributed by atoms with Gasteiger partial charge in [-0.05, 0) is 43.7 Å². The van der Waals surface area contributed by atoms with Gasteiger partial charge in [-0.3, -0.25) is 14.2 Å². The van der Waals surface area contributed by atoms with Crippen molar-refractivity contribution in [3.63, 3.8) is 0 Å². The van der Waals surface area contributed by atoms with Crippen LogP contribution in [0.25, 0.3) is 5.69 Å². The van der Waals surface area contributed by atoms with Crippen LogP contribution in [0.4, 0.5) is 5.69 Å². The molecule has 0 fully saturated rings. The molecule has 3 aromatic rings. The topological polar surface area (TPSA) is 95.2 Å². The van der Waals surface area contributed by atoms with Crippen LogP contribution in [0.5, 0.6) is 5.75 Å². The van der Waals surface area contributed by atoms with Gasteiger partial charge >= 0.3 is 5.69 Å². The Kier molecular flexibility index (Phi) is 5.12. The zero-order valence-electron chi connectivity index (χ0n) is 16.0. The fraction of sp³-hybridized carbons (Fsp3) is 0.200. The summed E-state index contributed by atoms with van der Waals surface area (Å²) in [4.78, 5) is 37.7. The summed E-state index contributed by atoms with van der Waals surface area (Å²) in [6.07, 6.45) is 0. The van der Waals surface area contributed by atoms with Gasteiger partial charge in [0, 0.05) is 7.05 Å². The van der Waals surface area contributed by atoms with E-state index in [4.69, 9.17) is 4.74 Å². The number of ether oxygens (including phenoxy) is 1. The van der Waals surface area contributed by atoms with Gasteiger partial charge in [0.05, 0.1) is 18.5 Å². The Bertz CT molecular complexity index is 1160. The minimum absolute atomic E-state index is 0.397. The molecule has 0 saturated heterocycles. The Balaban J connectivity index is 2.08. The highest BCUT2D eigenvalue weighted by molar-refractivity contribution is 6.03. The van der Waals surface area contributed by atoms with Gasteiger partial charge in [0.1, 0.15) is 5.75 Å². The van der Waals surface area contributed by atoms with Crippen molar-refractivity contribution in [3.8, 4) is 11.4 Å². The molecule has 0 unspecified atom stereocenters. The summed E-state index contributed by atoms with van der Waals surface area (Å²) in [6, 6.07) is 12.3. The Hall–Kier alpha value is -3.68. The van der Waals surface area contributed by atoms with Gasteiger partial charge < -0.3 is 10.1 Å². The van der Waals surface area contributed by atoms with Crippen molar-refractivity contribution in [1.29, 1.82) is 0 Å². The van der Waals surface area contributed by atoms with Crippen LogP contribution in [0.15, 0.2) is 52.1 Å². The maximum Gasteiger partial charge on any atom is 0.351 e. The first kappa shape index (κ1) is 19.1. The van der Waals surface area contributed by atoms with Crippen LogP contribution in [-0.4, -0.2) is 27.4 Å². The first-order valence-corrected chi connectivity index (χ1v) is 8.55. The first-order chi connectivity index (χ1) is 13.3. The van der Waals surface area contributed by atoms with Gasteiger partial charge in [-0.1, -0.05) is 23.8 Å². The summed E-state index contributed by atoms with van der Waals surface area (Å²) >= 11 is 0. The van der Waals surface area contributed by atoms with Gasteiger partial charge in [0.2, 0.25) is 5.69 Å². The number of aryl methyl sites for hydroxylation is 2. The van der Waals surface area contributed by atoms with Crippen molar-refractivity contribution in [2.75, 3.05) is 12.4 Å². The quantitative estimate of drug-likeness (QED) is 0.745. The Morgan fingerprint density at radius 1 is 1.04 bits per heavy atom. The third-order valence-electron chi connectivity index (χ3n) is 4.27. The molecule has 28 heavy (non-hydrogen) atoms. The predicted molar refractivity (Wildman–Crippen MR) is 105 cm³/mol. The van der Waals surface area contributed by atoms with E-state index in [2.05, 4.69) is 10.4 Å². The van der Waals surface area contributed by atoms with E-state index in [1.807, 2.05) is 32.0 Å². The van der Waals surface area contributed by atoms with Crippen LogP contribution in [-0.2, 0) is 7.05 Å². The number of carbonyl (C=O) groups excluding carboxylic acids is 1. The fourth-order valence-electron chi connectivity index (χ4n) is 2.67. The molecule has 0 atom stereocenters. The number of anilines is 1. The zero-order valence-corrected chi connectivity index (χ0v) is 16.0. The molecule has 8 heteroatoms. The molecule has 1 aromatic heterocycles. The number of aromatic nitrogens is 3. The van der Waals surface area contributed by atoms with E-state index in [9.17, 15) is 14.4 Å². The molecule has 0 radical (unpaired) electrons. The van der Waals surface area contributed by atoms with Gasteiger partial charge in [0.15, 0.2) is 0 Å². The van der Waals surface area contributed by atoms with E-state index in [0.29, 0.717) is 17.1 Å². The number of hydrogen-bond donors (Lipinski definition) is 1. The van der Waals surface area contributed by atoms with Gasteiger partial charge in [-0.15, -0.1) is 0 Å². The van der Waals surface area contributed by atoms with Crippen LogP contribution >= 0.6 is 0 Å². The number of amides is 1. The lowest BCUT2D eigenvalue weighted by Gasteiger charge is -2.12. The number of nitrogens with zero attached hydrogens (tertiary/aromatic N) is 3. The highest BCUT2D eigenvalue weighted by Crippen LogP contribution is 2.25. The molecule has 1 heterocycles. The van der Waals surface area contributed by atoms with Crippen molar-refractivity contribution < 1.29 is 9.53 Å². The number of methoxy groups -OCH3 is 1. The summed E-state index contributed by atoms with van der Waals surface area (Å²) in [5.41, 5.74) is 0.952. The molecule has 0 saturated carbocycles. The molecule has 8 nitrogen and oxygen atoms in total. The van der Waals surface area contributed by atoms with Crippen LogP contribution in [0.2, 0.25) is 0 Å². The van der Waals surface area contributed by atoms with Crippen LogP contribution in [0.3, 0.4) is 0 Å². The first-order valence-electron chi connectivity index (χ1n) is 8.55. The van der Waals surface area contributed by atoms with Crippen LogP contribution in [0.1, 0.15) is 21.6 Å². The highest BCUT2D eigenvalue weighted by atomic mass is 16.5. The molecule has 0 bridgehead atoms. The lowest BCUT2D eigenvalue weighted by molar-refractivity contribution is 0.101. The standard InChI is InChI=1S/C20H20N4O4/c1-12-5-8-14(9-6-12)24-20(27)23(3)19(26)17(22-24)18(25)21-15-11-13(2)7-10-16(15)28-4/h5-11H,1-4H3,(H,21,25). The van der Waals surface area contributed by atoms with Crippen molar-refractivity contribution in [2.24, 2.45) is 7.05 Å². The van der Waals surface area contributed by atoms with Crippen molar-refractivity contribution in [1.82, 2.24) is 14.3 Å². The number of hydrogen-bond acceptors (Lipinski definition) is 5. The molecule has 0 aliphatic carbocycles. The summed E-state index contributed by atoms with van der Waals surface area (Å²) in [5, 5.41) is 6.66. The molecule has 1 amide bonds. The molecular formula is C20H20N4O4. The van der Waals surface area contributed by atoms with E-state index < -0.39 is 22.9 Å². The Morgan fingerprint density at radius 3 is 2.32 bits per heavy atom. The van der Waals surface area contributed by atoms with Crippen molar-refractivity contribution in [2.45, 2.75) is 13.8 Å². The van der Waals surface area contributed by atoms with Crippen LogP contribution < -0.4 is 21.3 Å². The SMILES string of the molecule is COc1ccc(C)cc1NC(=O)c1nn(-c2ccc(C)cc2)c(=O)n(C)c1=O. The molecule has 0 aliphatic heterocycles. The normalized spacial score (nSPS) is 10.6. The lowest BCUT2D eigenvalue weighted by Crippen LogP contribution is -2.43. The average molecular weight is 380 g/mol. The number of carbonyl (C=O) groups is 1. The molecular weight excluding hydrogens is 360 g/mol. The van der Waals surface area contributed by atoms with E-state index >= 15 is 0 Å². The molecule has 0 spiro atoms. The lowest BCUT2D eigenvalue weighted by atomic mass is 10.2. The fourth-order valence-corrected chi connectivity index (χ4v) is 2.67. The third-order valence-corrected chi connectivity index (χ3v) is 4.27. The molecule has 3 rings (SSSR count). The van der Waals surface area contributed by atoms with Gasteiger partial charge in [0.25, 0.3) is 11.5 Å². The van der Waals surface area contributed by atoms with E-state index in [1.165, 1.54) is 14.2 Å². The average Bonchev–Trinajstić information content (AvgIpc) is 2.67. The maximum atomic E-state index is 12.8. The second kappa shape index (κ2) is 7.51. The van der Waals surface area contributed by atoms with Crippen LogP contribution in [0, 0.1) is 13.8 Å². The predicted octanol–water partition coefficient (Wildman–Crippen LogP) is 1.81. The third kappa shape index (κ3) is 3.57. The second-order valence-corrected chi connectivity index (χ2v) is 6.40. The summed E-state index contributed by atoms with van der Waals surface area (Å²) < 4.78 is 7.13. The largest absolute Gasteiger partial charge is 0.495 e. The van der Waals surface area contributed by atoms with E-state index in [-0.39, 0.29) is 0 Å². The minimum Gasteiger partial charge on any atom is -0.495 e. The zero-order chi connectivity index (χ0) is 20.4. The van der Waals surface area contributed by atoms with E-state index in [0.717, 1.165) is 20.4 Å². The summed E-state index contributed by atoms with van der Waals surface area (Å²) in [6.45, 7) is 3.78. The Morgan fingerprint density at radius 2 is 1.68 bits per heavy atom. The number of rotatable bonds is 4. The minimum atomic E-state index is -0.780. The summed E-state index contributed by atoms with van der Waals surface area (Å²) in [7, 11) is 2.79. The van der Waals surface area contributed by atoms with Crippen molar-refractivity contribution >= 4 is 11.6 Å². The molecule has 144 valence electrons. The number of nitrogens with one attached hydrogen (secondary N) is 1. The molecule has 2 aromatic carbocycles. The van der Waals surface area contributed by atoms with Gasteiger partial charge in [-0.2, -0.15) is 9.78 Å². The monoisotopic (exact) mass is 380 g/mol. The number of benzene rings is 2. The second-order valence-electron chi connectivity index (χ2n) is 6.40. The smallest absolute Gasteiger partial charge is 0.351 e. The highest BCUT2D eigenvalue weighted by Gasteiger charge is 2.20.